The molecule has 1 amide bonds. The summed E-state index contributed by atoms with van der Waals surface area (Å²) in [5, 5.41) is 0. The smallest absolute Gasteiger partial charge is 0.223 e. The number of nitrogens with zero attached hydrogens (tertiary/aromatic N) is 2. The van der Waals surface area contributed by atoms with Crippen molar-refractivity contribution in [3.63, 3.8) is 0 Å². The number of benzene rings is 2. The van der Waals surface area contributed by atoms with Gasteiger partial charge in [-0.2, -0.15) is 0 Å². The number of aliphatic imine (C=N–C) groups is 1. The summed E-state index contributed by atoms with van der Waals surface area (Å²) < 4.78 is 5.94. The molecule has 6 nitrogen and oxygen atoms in total. The molecule has 29 heavy (non-hydrogen) atoms. The lowest BCUT2D eigenvalue weighted by Gasteiger charge is -2.37. The second-order valence-electron chi connectivity index (χ2n) is 7.84. The Morgan fingerprint density at radius 1 is 1.10 bits per heavy atom. The number of hydrogen-bond donors (Lipinski definition) is 2. The fourth-order valence-electron chi connectivity index (χ4n) is 4.14. The number of rotatable bonds is 6. The van der Waals surface area contributed by atoms with Gasteiger partial charge in [0.1, 0.15) is 11.5 Å². The van der Waals surface area contributed by atoms with Crippen LogP contribution >= 0.6 is 0 Å². The lowest BCUT2D eigenvalue weighted by atomic mass is 9.71. The van der Waals surface area contributed by atoms with Crippen molar-refractivity contribution in [3.05, 3.63) is 60.5 Å². The van der Waals surface area contributed by atoms with E-state index in [1.807, 2.05) is 59.9 Å². The maximum atomic E-state index is 12.1. The number of amides is 1. The van der Waals surface area contributed by atoms with Crippen LogP contribution < -0.4 is 16.2 Å². The van der Waals surface area contributed by atoms with Crippen LogP contribution in [-0.2, 0) is 11.3 Å². The van der Waals surface area contributed by atoms with Crippen molar-refractivity contribution < 1.29 is 9.53 Å². The quantitative estimate of drug-likeness (QED) is 0.781. The molecule has 2 aliphatic rings. The van der Waals surface area contributed by atoms with Gasteiger partial charge in [-0.05, 0) is 49.6 Å². The highest BCUT2D eigenvalue weighted by molar-refractivity contribution is 5.85. The number of fused-ring (bicyclic) bond motifs is 1. The summed E-state index contributed by atoms with van der Waals surface area (Å²) in [7, 11) is 0. The molecular formula is C23H27N4O2. The van der Waals surface area contributed by atoms with Crippen molar-refractivity contribution in [2.24, 2.45) is 21.9 Å². The van der Waals surface area contributed by atoms with Gasteiger partial charge in [-0.3, -0.25) is 4.79 Å². The van der Waals surface area contributed by atoms with Crippen LogP contribution in [0.3, 0.4) is 0 Å². The van der Waals surface area contributed by atoms with Crippen molar-refractivity contribution in [1.82, 2.24) is 4.90 Å². The molecule has 1 fully saturated rings. The maximum Gasteiger partial charge on any atom is 0.223 e. The Kier molecular flexibility index (Phi) is 5.43. The molecule has 2 aromatic rings. The molecule has 6 heteroatoms. The summed E-state index contributed by atoms with van der Waals surface area (Å²) in [6.45, 7) is 1.16. The van der Waals surface area contributed by atoms with Gasteiger partial charge in [0, 0.05) is 18.7 Å². The summed E-state index contributed by atoms with van der Waals surface area (Å²) in [5.41, 5.74) is 13.3. The zero-order valence-corrected chi connectivity index (χ0v) is 16.5. The van der Waals surface area contributed by atoms with Gasteiger partial charge < -0.3 is 21.1 Å². The minimum absolute atomic E-state index is 0.233. The molecule has 0 atom stereocenters. The highest BCUT2D eigenvalue weighted by Crippen LogP contribution is 2.39. The summed E-state index contributed by atoms with van der Waals surface area (Å²) in [6.07, 6.45) is 6.91. The van der Waals surface area contributed by atoms with E-state index in [4.69, 9.17) is 16.2 Å². The van der Waals surface area contributed by atoms with Crippen LogP contribution in [-0.4, -0.2) is 23.3 Å². The minimum atomic E-state index is -0.531. The standard InChI is InChI=1S/C23H27N4O2/c24-21(28)23(11-5-2-6-12-23)13-14-27-16-17-15-19(9-10-20(17)26-22(27)25)29-18-7-3-1-4-8-18/h1,3-4,7-10,13,15H,2,5-6,11-12,14,16H2,(H2,24,28)(H2,25,26). The molecule has 4 rings (SSSR count). The van der Waals surface area contributed by atoms with Gasteiger partial charge in [0.15, 0.2) is 5.96 Å². The maximum absolute atomic E-state index is 12.1. The van der Waals surface area contributed by atoms with E-state index in [0.717, 1.165) is 54.9 Å². The lowest BCUT2D eigenvalue weighted by Crippen LogP contribution is -2.45. The third-order valence-electron chi connectivity index (χ3n) is 5.89. The van der Waals surface area contributed by atoms with E-state index in [0.29, 0.717) is 19.0 Å². The number of nitrogens with two attached hydrogens (primary N) is 2. The number of carbonyl (C=O) groups excluding carboxylic acids is 1. The molecule has 2 aromatic carbocycles. The first-order chi connectivity index (χ1) is 14.1. The molecule has 151 valence electrons. The van der Waals surface area contributed by atoms with Crippen LogP contribution in [0.5, 0.6) is 11.5 Å². The Morgan fingerprint density at radius 3 is 2.59 bits per heavy atom. The predicted octanol–water partition coefficient (Wildman–Crippen LogP) is 3.88. The molecule has 0 aromatic heterocycles. The van der Waals surface area contributed by atoms with Crippen molar-refractivity contribution in [3.8, 4) is 11.5 Å². The molecule has 1 aliphatic heterocycles. The topological polar surface area (TPSA) is 93.9 Å². The molecule has 1 saturated carbocycles. The first-order valence-corrected chi connectivity index (χ1v) is 10.1. The average molecular weight is 391 g/mol. The number of para-hydroxylation sites is 1. The van der Waals surface area contributed by atoms with Gasteiger partial charge in [-0.15, -0.1) is 0 Å². The monoisotopic (exact) mass is 391 g/mol. The van der Waals surface area contributed by atoms with E-state index >= 15 is 0 Å². The van der Waals surface area contributed by atoms with Crippen molar-refractivity contribution in [2.45, 2.75) is 38.6 Å². The fraction of sp³-hybridized carbons (Fsp3) is 0.348. The SMILES string of the molecule is NC(=O)C1([CH]CN2Cc3cc(Oc4ccccc4)ccc3N=C2N)CCCCC1. The second kappa shape index (κ2) is 8.15. The Labute approximate surface area is 171 Å². The van der Waals surface area contributed by atoms with E-state index < -0.39 is 5.41 Å². The molecule has 4 N–H and O–H groups in total. The zero-order chi connectivity index (χ0) is 20.3. The first-order valence-electron chi connectivity index (χ1n) is 10.1. The third kappa shape index (κ3) is 4.21. The van der Waals surface area contributed by atoms with E-state index in [2.05, 4.69) is 4.99 Å². The molecular weight excluding hydrogens is 364 g/mol. The molecule has 0 unspecified atom stereocenters. The molecule has 1 aliphatic carbocycles. The van der Waals surface area contributed by atoms with Gasteiger partial charge in [0.2, 0.25) is 5.91 Å². The highest BCUT2D eigenvalue weighted by Gasteiger charge is 2.38. The van der Waals surface area contributed by atoms with Gasteiger partial charge in [0.25, 0.3) is 0 Å². The van der Waals surface area contributed by atoms with E-state index in [-0.39, 0.29) is 5.91 Å². The normalized spacial score (nSPS) is 17.9. The molecule has 1 radical (unpaired) electrons. The molecule has 0 spiro atoms. The van der Waals surface area contributed by atoms with Crippen LogP contribution in [0.2, 0.25) is 0 Å². The van der Waals surface area contributed by atoms with Crippen LogP contribution in [0.25, 0.3) is 0 Å². The van der Waals surface area contributed by atoms with Gasteiger partial charge in [0.05, 0.1) is 11.1 Å². The Balaban J connectivity index is 1.47. The summed E-state index contributed by atoms with van der Waals surface area (Å²) >= 11 is 0. The minimum Gasteiger partial charge on any atom is -0.457 e. The largest absolute Gasteiger partial charge is 0.457 e. The predicted molar refractivity (Wildman–Crippen MR) is 114 cm³/mol. The number of guanidine groups is 1. The summed E-state index contributed by atoms with van der Waals surface area (Å²) in [5.74, 6) is 1.78. The Hall–Kier alpha value is -3.02. The molecule has 0 bridgehead atoms. The van der Waals surface area contributed by atoms with E-state index in [1.54, 1.807) is 0 Å². The fourth-order valence-corrected chi connectivity index (χ4v) is 4.14. The van der Waals surface area contributed by atoms with Crippen molar-refractivity contribution >= 4 is 17.6 Å². The number of primary amides is 1. The number of ether oxygens (including phenoxy) is 1. The van der Waals surface area contributed by atoms with Crippen LogP contribution in [0.15, 0.2) is 53.5 Å². The third-order valence-corrected chi connectivity index (χ3v) is 5.89. The number of carbonyl (C=O) groups is 1. The zero-order valence-electron chi connectivity index (χ0n) is 16.5. The highest BCUT2D eigenvalue weighted by atomic mass is 16.5. The van der Waals surface area contributed by atoms with Gasteiger partial charge in [-0.25, -0.2) is 4.99 Å². The molecule has 0 saturated heterocycles. The average Bonchev–Trinajstić information content (AvgIpc) is 2.74. The Morgan fingerprint density at radius 2 is 1.86 bits per heavy atom. The van der Waals surface area contributed by atoms with Crippen LogP contribution in [0.1, 0.15) is 37.7 Å². The number of hydrogen-bond acceptors (Lipinski definition) is 5. The molecule has 1 heterocycles. The summed E-state index contributed by atoms with van der Waals surface area (Å²) in [4.78, 5) is 18.7. The van der Waals surface area contributed by atoms with E-state index in [9.17, 15) is 4.79 Å². The van der Waals surface area contributed by atoms with Gasteiger partial charge in [-0.1, -0.05) is 37.5 Å². The van der Waals surface area contributed by atoms with Crippen LogP contribution in [0.4, 0.5) is 5.69 Å². The van der Waals surface area contributed by atoms with Crippen LogP contribution in [0, 0.1) is 11.8 Å². The first kappa shape index (κ1) is 19.3. The second-order valence-corrected chi connectivity index (χ2v) is 7.84. The summed E-state index contributed by atoms with van der Waals surface area (Å²) in [6, 6.07) is 15.5. The van der Waals surface area contributed by atoms with E-state index in [1.165, 1.54) is 0 Å². The van der Waals surface area contributed by atoms with Crippen molar-refractivity contribution in [1.29, 1.82) is 0 Å². The van der Waals surface area contributed by atoms with Gasteiger partial charge >= 0.3 is 0 Å². The lowest BCUT2D eigenvalue weighted by molar-refractivity contribution is -0.127. The van der Waals surface area contributed by atoms with Crippen molar-refractivity contribution in [2.75, 3.05) is 6.54 Å². The Bertz CT molecular complexity index is 904.